The Hall–Kier alpha value is -1.75. The van der Waals surface area contributed by atoms with Crippen LogP contribution in [0.2, 0.25) is 0 Å². The van der Waals surface area contributed by atoms with E-state index in [0.717, 1.165) is 11.1 Å². The van der Waals surface area contributed by atoms with Gasteiger partial charge in [0.15, 0.2) is 0 Å². The van der Waals surface area contributed by atoms with Crippen LogP contribution < -0.4 is 5.73 Å². The molecule has 0 aliphatic carbocycles. The van der Waals surface area contributed by atoms with E-state index in [9.17, 15) is 8.78 Å². The average Bonchev–Trinajstić information content (AvgIpc) is 2.72. The van der Waals surface area contributed by atoms with Crippen molar-refractivity contribution in [1.82, 2.24) is 9.78 Å². The first-order valence-electron chi connectivity index (χ1n) is 5.70. The van der Waals surface area contributed by atoms with Crippen LogP contribution in [0, 0.1) is 6.92 Å². The van der Waals surface area contributed by atoms with E-state index in [1.807, 2.05) is 31.2 Å². The van der Waals surface area contributed by atoms with Crippen molar-refractivity contribution in [3.8, 4) is 0 Å². The second-order valence-electron chi connectivity index (χ2n) is 4.21. The second kappa shape index (κ2) is 5.27. The number of hydrogen-bond donors (Lipinski definition) is 1. The van der Waals surface area contributed by atoms with Crippen LogP contribution in [-0.2, 0) is 13.1 Å². The molecule has 0 bridgehead atoms. The number of nitrogens with two attached hydrogens (primary N) is 1. The first-order chi connectivity index (χ1) is 8.61. The van der Waals surface area contributed by atoms with Gasteiger partial charge in [-0.25, -0.2) is 8.78 Å². The van der Waals surface area contributed by atoms with Gasteiger partial charge in [0, 0.05) is 12.1 Å². The van der Waals surface area contributed by atoms with Crippen LogP contribution in [0.25, 0.3) is 0 Å². The summed E-state index contributed by atoms with van der Waals surface area (Å²) in [6, 6.07) is 7.72. The van der Waals surface area contributed by atoms with E-state index in [4.69, 9.17) is 5.73 Å². The largest absolute Gasteiger partial charge is 0.326 e. The van der Waals surface area contributed by atoms with Crippen molar-refractivity contribution in [2.75, 3.05) is 0 Å². The molecule has 0 unspecified atom stereocenters. The maximum atomic E-state index is 13.0. The number of halogens is 2. The lowest BCUT2D eigenvalue weighted by Crippen LogP contribution is -2.09. The molecule has 0 saturated heterocycles. The summed E-state index contributed by atoms with van der Waals surface area (Å²) in [5.74, 6) is 0. The Bertz CT molecular complexity index is 535. The van der Waals surface area contributed by atoms with Gasteiger partial charge in [0.1, 0.15) is 5.69 Å². The minimum atomic E-state index is -2.56. The number of aromatic nitrogens is 2. The van der Waals surface area contributed by atoms with Crippen molar-refractivity contribution in [3.05, 3.63) is 52.8 Å². The lowest BCUT2D eigenvalue weighted by Gasteiger charge is -2.09. The van der Waals surface area contributed by atoms with E-state index in [2.05, 4.69) is 5.10 Å². The van der Waals surface area contributed by atoms with E-state index >= 15 is 0 Å². The maximum absolute atomic E-state index is 13.0. The number of alkyl halides is 2. The average molecular weight is 251 g/mol. The molecule has 0 aliphatic heterocycles. The molecular formula is C13H15F2N3. The third-order valence-corrected chi connectivity index (χ3v) is 2.80. The number of aryl methyl sites for hydroxylation is 1. The highest BCUT2D eigenvalue weighted by molar-refractivity contribution is 5.24. The molecular weight excluding hydrogens is 236 g/mol. The summed E-state index contributed by atoms with van der Waals surface area (Å²) < 4.78 is 27.3. The first kappa shape index (κ1) is 12.7. The van der Waals surface area contributed by atoms with E-state index in [0.29, 0.717) is 12.1 Å². The van der Waals surface area contributed by atoms with E-state index in [1.165, 1.54) is 10.9 Å². The molecule has 0 atom stereocenters. The molecule has 5 heteroatoms. The molecule has 0 radical (unpaired) electrons. The summed E-state index contributed by atoms with van der Waals surface area (Å²) in [5, 5.41) is 3.99. The van der Waals surface area contributed by atoms with E-state index in [1.54, 1.807) is 0 Å². The Kier molecular flexibility index (Phi) is 3.72. The molecule has 2 N–H and O–H groups in total. The SMILES string of the molecule is Cc1cccc(Cn2ncc(CN)c2C(F)F)c1. The van der Waals surface area contributed by atoms with Crippen molar-refractivity contribution < 1.29 is 8.78 Å². The normalized spacial score (nSPS) is 11.2. The van der Waals surface area contributed by atoms with Crippen molar-refractivity contribution in [1.29, 1.82) is 0 Å². The van der Waals surface area contributed by atoms with Crippen LogP contribution in [0.4, 0.5) is 8.78 Å². The van der Waals surface area contributed by atoms with Crippen molar-refractivity contribution >= 4 is 0 Å². The predicted molar refractivity (Wildman–Crippen MR) is 65.4 cm³/mol. The van der Waals surface area contributed by atoms with Gasteiger partial charge in [-0.05, 0) is 12.5 Å². The Labute approximate surface area is 104 Å². The van der Waals surface area contributed by atoms with Crippen LogP contribution >= 0.6 is 0 Å². The zero-order valence-corrected chi connectivity index (χ0v) is 10.1. The highest BCUT2D eigenvalue weighted by Crippen LogP contribution is 2.23. The molecule has 2 rings (SSSR count). The zero-order chi connectivity index (χ0) is 13.1. The Morgan fingerprint density at radius 2 is 2.17 bits per heavy atom. The van der Waals surface area contributed by atoms with E-state index in [-0.39, 0.29) is 12.2 Å². The minimum Gasteiger partial charge on any atom is -0.326 e. The Morgan fingerprint density at radius 3 is 2.78 bits per heavy atom. The fourth-order valence-electron chi connectivity index (χ4n) is 1.95. The van der Waals surface area contributed by atoms with Crippen molar-refractivity contribution in [2.24, 2.45) is 5.73 Å². The summed E-state index contributed by atoms with van der Waals surface area (Å²) in [4.78, 5) is 0. The van der Waals surface area contributed by atoms with Crippen LogP contribution in [0.3, 0.4) is 0 Å². The lowest BCUT2D eigenvalue weighted by molar-refractivity contribution is 0.138. The van der Waals surface area contributed by atoms with Crippen LogP contribution in [0.1, 0.15) is 28.8 Å². The third-order valence-electron chi connectivity index (χ3n) is 2.80. The topological polar surface area (TPSA) is 43.8 Å². The Morgan fingerprint density at radius 1 is 1.39 bits per heavy atom. The number of benzene rings is 1. The quantitative estimate of drug-likeness (QED) is 0.907. The first-order valence-corrected chi connectivity index (χ1v) is 5.70. The van der Waals surface area contributed by atoms with Gasteiger partial charge in [0.25, 0.3) is 6.43 Å². The third kappa shape index (κ3) is 2.56. The molecule has 18 heavy (non-hydrogen) atoms. The highest BCUT2D eigenvalue weighted by Gasteiger charge is 2.19. The summed E-state index contributed by atoms with van der Waals surface area (Å²) in [7, 11) is 0. The molecule has 0 fully saturated rings. The smallest absolute Gasteiger partial charge is 0.280 e. The molecule has 2 aromatic rings. The summed E-state index contributed by atoms with van der Waals surface area (Å²) >= 11 is 0. The van der Waals surface area contributed by atoms with Gasteiger partial charge < -0.3 is 5.73 Å². The molecule has 3 nitrogen and oxygen atoms in total. The van der Waals surface area contributed by atoms with Gasteiger partial charge in [-0.3, -0.25) is 4.68 Å². The molecule has 0 saturated carbocycles. The number of nitrogens with zero attached hydrogens (tertiary/aromatic N) is 2. The summed E-state index contributed by atoms with van der Waals surface area (Å²) in [6.45, 7) is 2.38. The van der Waals surface area contributed by atoms with Crippen molar-refractivity contribution in [3.63, 3.8) is 0 Å². The van der Waals surface area contributed by atoms with E-state index < -0.39 is 6.43 Å². The van der Waals surface area contributed by atoms with Gasteiger partial charge in [-0.2, -0.15) is 5.10 Å². The lowest BCUT2D eigenvalue weighted by atomic mass is 10.1. The highest BCUT2D eigenvalue weighted by atomic mass is 19.3. The molecule has 0 spiro atoms. The molecule has 1 aromatic carbocycles. The van der Waals surface area contributed by atoms with Crippen LogP contribution in [0.5, 0.6) is 0 Å². The summed E-state index contributed by atoms with van der Waals surface area (Å²) in [5.41, 5.74) is 7.79. The molecule has 1 aromatic heterocycles. The van der Waals surface area contributed by atoms with Gasteiger partial charge in [-0.1, -0.05) is 29.8 Å². The number of rotatable bonds is 4. The predicted octanol–water partition coefficient (Wildman–Crippen LogP) is 2.64. The summed E-state index contributed by atoms with van der Waals surface area (Å²) in [6.07, 6.45) is -1.15. The molecule has 96 valence electrons. The molecule has 0 amide bonds. The standard InChI is InChI=1S/C13H15F2N3/c1-9-3-2-4-10(5-9)8-18-12(13(14)15)11(6-16)7-17-18/h2-5,7,13H,6,8,16H2,1H3. The minimum absolute atomic E-state index is 0.0769. The molecule has 1 heterocycles. The fourth-order valence-corrected chi connectivity index (χ4v) is 1.95. The Balaban J connectivity index is 2.32. The van der Waals surface area contributed by atoms with Crippen LogP contribution in [0.15, 0.2) is 30.5 Å². The van der Waals surface area contributed by atoms with Gasteiger partial charge in [0.2, 0.25) is 0 Å². The monoisotopic (exact) mass is 251 g/mol. The van der Waals surface area contributed by atoms with Crippen LogP contribution in [-0.4, -0.2) is 9.78 Å². The van der Waals surface area contributed by atoms with Crippen molar-refractivity contribution in [2.45, 2.75) is 26.4 Å². The fraction of sp³-hybridized carbons (Fsp3) is 0.308. The van der Waals surface area contributed by atoms with Gasteiger partial charge >= 0.3 is 0 Å². The maximum Gasteiger partial charge on any atom is 0.280 e. The van der Waals surface area contributed by atoms with Gasteiger partial charge in [0.05, 0.1) is 12.7 Å². The molecule has 0 aliphatic rings. The van der Waals surface area contributed by atoms with Gasteiger partial charge in [-0.15, -0.1) is 0 Å². The number of hydrogen-bond acceptors (Lipinski definition) is 2. The second-order valence-corrected chi connectivity index (χ2v) is 4.21. The zero-order valence-electron chi connectivity index (χ0n) is 10.1.